The number of primary amides is 1. The van der Waals surface area contributed by atoms with Gasteiger partial charge in [-0.15, -0.1) is 0 Å². The number of piperidine rings is 1. The van der Waals surface area contributed by atoms with Crippen molar-refractivity contribution in [3.63, 3.8) is 0 Å². The third-order valence-corrected chi connectivity index (χ3v) is 6.72. The predicted molar refractivity (Wildman–Crippen MR) is 141 cm³/mol. The standard InChI is InChI=1S/C29H34N4O2/c1-32(20-17-31-27-10-6-5-9-26(27)23-7-3-2-4-8-23)29(35)25-13-11-22(12-14-25)21-33-18-15-24(16-19-33)28(30)34/h2-14,24,31H,15-21H2,1H3,(H2,30,34). The maximum absolute atomic E-state index is 12.9. The molecule has 6 heteroatoms. The highest BCUT2D eigenvalue weighted by molar-refractivity contribution is 5.94. The van der Waals surface area contributed by atoms with Crippen molar-refractivity contribution in [2.45, 2.75) is 19.4 Å². The van der Waals surface area contributed by atoms with E-state index >= 15 is 0 Å². The smallest absolute Gasteiger partial charge is 0.253 e. The topological polar surface area (TPSA) is 78.7 Å². The molecule has 0 atom stereocenters. The fraction of sp³-hybridized carbons (Fsp3) is 0.310. The number of likely N-dealkylation sites (N-methyl/N-ethyl adjacent to an activating group) is 1. The van der Waals surface area contributed by atoms with Gasteiger partial charge in [0.2, 0.25) is 5.91 Å². The Kier molecular flexibility index (Phi) is 8.16. The molecule has 1 fully saturated rings. The summed E-state index contributed by atoms with van der Waals surface area (Å²) >= 11 is 0. The minimum Gasteiger partial charge on any atom is -0.383 e. The molecule has 0 aromatic heterocycles. The maximum atomic E-state index is 12.9. The number of hydrogen-bond acceptors (Lipinski definition) is 4. The Balaban J connectivity index is 1.27. The molecule has 2 amide bonds. The van der Waals surface area contributed by atoms with Gasteiger partial charge in [-0.3, -0.25) is 14.5 Å². The number of carbonyl (C=O) groups is 2. The number of nitrogens with zero attached hydrogens (tertiary/aromatic N) is 2. The molecule has 0 aliphatic carbocycles. The van der Waals surface area contributed by atoms with Crippen LogP contribution >= 0.6 is 0 Å². The number of carbonyl (C=O) groups excluding carboxylic acids is 2. The first-order valence-corrected chi connectivity index (χ1v) is 12.3. The molecule has 0 saturated carbocycles. The summed E-state index contributed by atoms with van der Waals surface area (Å²) < 4.78 is 0. The van der Waals surface area contributed by atoms with Crippen molar-refractivity contribution in [1.82, 2.24) is 9.80 Å². The van der Waals surface area contributed by atoms with E-state index in [9.17, 15) is 9.59 Å². The molecule has 0 bridgehead atoms. The summed E-state index contributed by atoms with van der Waals surface area (Å²) in [6, 6.07) is 26.4. The van der Waals surface area contributed by atoms with Crippen molar-refractivity contribution in [3.05, 3.63) is 90.0 Å². The van der Waals surface area contributed by atoms with E-state index in [1.54, 1.807) is 4.90 Å². The number of para-hydroxylation sites is 1. The first kappa shape index (κ1) is 24.5. The number of amides is 2. The summed E-state index contributed by atoms with van der Waals surface area (Å²) in [7, 11) is 1.84. The minimum atomic E-state index is -0.188. The van der Waals surface area contributed by atoms with Gasteiger partial charge in [-0.2, -0.15) is 0 Å². The molecule has 3 aromatic carbocycles. The van der Waals surface area contributed by atoms with Crippen molar-refractivity contribution in [2.75, 3.05) is 38.5 Å². The molecule has 0 unspecified atom stereocenters. The Morgan fingerprint density at radius 3 is 2.29 bits per heavy atom. The van der Waals surface area contributed by atoms with E-state index in [1.165, 1.54) is 5.56 Å². The fourth-order valence-corrected chi connectivity index (χ4v) is 4.57. The highest BCUT2D eigenvalue weighted by Crippen LogP contribution is 2.27. The molecule has 0 spiro atoms. The van der Waals surface area contributed by atoms with Gasteiger partial charge in [0.25, 0.3) is 5.91 Å². The highest BCUT2D eigenvalue weighted by atomic mass is 16.2. The molecule has 1 aliphatic heterocycles. The summed E-state index contributed by atoms with van der Waals surface area (Å²) in [5.41, 5.74) is 10.7. The molecule has 0 radical (unpaired) electrons. The zero-order chi connectivity index (χ0) is 24.6. The third-order valence-electron chi connectivity index (χ3n) is 6.72. The largest absolute Gasteiger partial charge is 0.383 e. The summed E-state index contributed by atoms with van der Waals surface area (Å²) in [5.74, 6) is -0.174. The van der Waals surface area contributed by atoms with E-state index in [1.807, 2.05) is 61.6 Å². The molecular formula is C29H34N4O2. The van der Waals surface area contributed by atoms with Crippen LogP contribution in [0.5, 0.6) is 0 Å². The molecule has 35 heavy (non-hydrogen) atoms. The summed E-state index contributed by atoms with van der Waals surface area (Å²) in [5, 5.41) is 3.49. The van der Waals surface area contributed by atoms with Crippen molar-refractivity contribution in [1.29, 1.82) is 0 Å². The average Bonchev–Trinajstić information content (AvgIpc) is 2.90. The molecule has 1 heterocycles. The Hall–Kier alpha value is -3.64. The second kappa shape index (κ2) is 11.7. The highest BCUT2D eigenvalue weighted by Gasteiger charge is 2.23. The van der Waals surface area contributed by atoms with Crippen LogP contribution in [0.2, 0.25) is 0 Å². The van der Waals surface area contributed by atoms with E-state index in [0.29, 0.717) is 18.7 Å². The molecule has 182 valence electrons. The lowest BCUT2D eigenvalue weighted by molar-refractivity contribution is -0.123. The van der Waals surface area contributed by atoms with Crippen LogP contribution < -0.4 is 11.1 Å². The predicted octanol–water partition coefficient (Wildman–Crippen LogP) is 4.24. The second-order valence-electron chi connectivity index (χ2n) is 9.21. The van der Waals surface area contributed by atoms with Gasteiger partial charge in [-0.05, 0) is 55.3 Å². The van der Waals surface area contributed by atoms with Crippen LogP contribution in [0.4, 0.5) is 5.69 Å². The zero-order valence-corrected chi connectivity index (χ0v) is 20.3. The van der Waals surface area contributed by atoms with Crippen LogP contribution in [-0.4, -0.2) is 54.8 Å². The number of rotatable bonds is 9. The molecule has 3 N–H and O–H groups in total. The zero-order valence-electron chi connectivity index (χ0n) is 20.3. The van der Waals surface area contributed by atoms with Gasteiger partial charge in [-0.25, -0.2) is 0 Å². The normalized spacial score (nSPS) is 14.4. The van der Waals surface area contributed by atoms with E-state index in [0.717, 1.165) is 49.3 Å². The lowest BCUT2D eigenvalue weighted by atomic mass is 9.96. The molecule has 6 nitrogen and oxygen atoms in total. The summed E-state index contributed by atoms with van der Waals surface area (Å²) in [6.07, 6.45) is 1.64. The first-order valence-electron chi connectivity index (χ1n) is 12.3. The van der Waals surface area contributed by atoms with Crippen molar-refractivity contribution < 1.29 is 9.59 Å². The maximum Gasteiger partial charge on any atom is 0.253 e. The van der Waals surface area contributed by atoms with Gasteiger partial charge in [0.05, 0.1) is 0 Å². The number of nitrogens with two attached hydrogens (primary N) is 1. The molecule has 4 rings (SSSR count). The van der Waals surface area contributed by atoms with Crippen molar-refractivity contribution >= 4 is 17.5 Å². The van der Waals surface area contributed by atoms with E-state index in [4.69, 9.17) is 5.73 Å². The van der Waals surface area contributed by atoms with Gasteiger partial charge in [-0.1, -0.05) is 60.7 Å². The monoisotopic (exact) mass is 470 g/mol. The number of benzene rings is 3. The van der Waals surface area contributed by atoms with Gasteiger partial charge in [0.1, 0.15) is 0 Å². The van der Waals surface area contributed by atoms with Crippen LogP contribution in [0.25, 0.3) is 11.1 Å². The third kappa shape index (κ3) is 6.49. The van der Waals surface area contributed by atoms with E-state index < -0.39 is 0 Å². The van der Waals surface area contributed by atoms with Crippen LogP contribution in [0.15, 0.2) is 78.9 Å². The Morgan fingerprint density at radius 1 is 0.943 bits per heavy atom. The summed E-state index contributed by atoms with van der Waals surface area (Å²) in [6.45, 7) is 3.82. The van der Waals surface area contributed by atoms with Gasteiger partial charge in [0, 0.05) is 49.4 Å². The van der Waals surface area contributed by atoms with Crippen LogP contribution in [0, 0.1) is 5.92 Å². The number of nitrogens with one attached hydrogen (secondary N) is 1. The lowest BCUT2D eigenvalue weighted by Crippen LogP contribution is -2.38. The number of hydrogen-bond donors (Lipinski definition) is 2. The van der Waals surface area contributed by atoms with Gasteiger partial charge in [0.15, 0.2) is 0 Å². The van der Waals surface area contributed by atoms with Gasteiger partial charge >= 0.3 is 0 Å². The van der Waals surface area contributed by atoms with E-state index in [2.05, 4.69) is 34.5 Å². The average molecular weight is 471 g/mol. The number of anilines is 1. The Morgan fingerprint density at radius 2 is 1.60 bits per heavy atom. The Bertz CT molecular complexity index is 1120. The Labute approximate surface area is 207 Å². The summed E-state index contributed by atoms with van der Waals surface area (Å²) in [4.78, 5) is 28.4. The molecule has 3 aromatic rings. The van der Waals surface area contributed by atoms with Crippen molar-refractivity contribution in [2.24, 2.45) is 11.7 Å². The molecule has 1 saturated heterocycles. The first-order chi connectivity index (χ1) is 17.0. The second-order valence-corrected chi connectivity index (χ2v) is 9.21. The fourth-order valence-electron chi connectivity index (χ4n) is 4.57. The quantitative estimate of drug-likeness (QED) is 0.490. The SMILES string of the molecule is CN(CCNc1ccccc1-c1ccccc1)C(=O)c1ccc(CN2CCC(C(N)=O)CC2)cc1. The van der Waals surface area contributed by atoms with Gasteiger partial charge < -0.3 is 16.0 Å². The van der Waals surface area contributed by atoms with Crippen LogP contribution in [0.1, 0.15) is 28.8 Å². The van der Waals surface area contributed by atoms with Crippen LogP contribution in [-0.2, 0) is 11.3 Å². The molecular weight excluding hydrogens is 436 g/mol. The minimum absolute atomic E-state index is 0.00286. The van der Waals surface area contributed by atoms with E-state index in [-0.39, 0.29) is 17.7 Å². The van der Waals surface area contributed by atoms with Crippen LogP contribution in [0.3, 0.4) is 0 Å². The lowest BCUT2D eigenvalue weighted by Gasteiger charge is -2.30. The number of likely N-dealkylation sites (tertiary alicyclic amines) is 1. The van der Waals surface area contributed by atoms with Crippen molar-refractivity contribution in [3.8, 4) is 11.1 Å². The molecule has 1 aliphatic rings.